The molecule has 2 aromatic heterocycles. The van der Waals surface area contributed by atoms with E-state index in [9.17, 15) is 14.5 Å². The SMILES string of the molecule is COC1C(O[P+](=O)O)[C@@H](CO)O[C@H]1n1c(=O)[nH]c2c(N)ncnc21. The minimum Gasteiger partial charge on any atom is -0.394 e. The van der Waals surface area contributed by atoms with Crippen LogP contribution in [0.2, 0.25) is 0 Å². The van der Waals surface area contributed by atoms with Crippen molar-refractivity contribution in [1.82, 2.24) is 19.5 Å². The van der Waals surface area contributed by atoms with Crippen molar-refractivity contribution in [3.63, 3.8) is 0 Å². The van der Waals surface area contributed by atoms with Crippen molar-refractivity contribution in [2.24, 2.45) is 0 Å². The van der Waals surface area contributed by atoms with Crippen LogP contribution in [0, 0.1) is 0 Å². The molecule has 5 atom stereocenters. The highest BCUT2D eigenvalue weighted by atomic mass is 31.1. The smallest absolute Gasteiger partial charge is 0.394 e. The van der Waals surface area contributed by atoms with E-state index in [1.165, 1.54) is 13.4 Å². The van der Waals surface area contributed by atoms with Gasteiger partial charge in [0, 0.05) is 11.7 Å². The summed E-state index contributed by atoms with van der Waals surface area (Å²) in [7, 11) is -1.64. The lowest BCUT2D eigenvalue weighted by Crippen LogP contribution is -2.37. The average molecular weight is 360 g/mol. The Hall–Kier alpha value is -1.95. The first-order valence-corrected chi connectivity index (χ1v) is 7.93. The Labute approximate surface area is 135 Å². The van der Waals surface area contributed by atoms with E-state index < -0.39 is 45.1 Å². The van der Waals surface area contributed by atoms with E-state index in [1.807, 2.05) is 0 Å². The van der Waals surface area contributed by atoms with Crippen LogP contribution < -0.4 is 11.4 Å². The lowest BCUT2D eigenvalue weighted by molar-refractivity contribution is -0.0598. The van der Waals surface area contributed by atoms with Crippen LogP contribution in [0.15, 0.2) is 11.1 Å². The highest BCUT2D eigenvalue weighted by Crippen LogP contribution is 2.37. The molecule has 0 amide bonds. The monoisotopic (exact) mass is 360 g/mol. The minimum atomic E-state index is -2.96. The van der Waals surface area contributed by atoms with Crippen molar-refractivity contribution in [2.75, 3.05) is 19.5 Å². The number of nitrogen functional groups attached to an aromatic ring is 1. The summed E-state index contributed by atoms with van der Waals surface area (Å²) >= 11 is 0. The van der Waals surface area contributed by atoms with Crippen LogP contribution in [0.4, 0.5) is 5.82 Å². The van der Waals surface area contributed by atoms with Crippen molar-refractivity contribution in [3.05, 3.63) is 16.8 Å². The molecule has 0 aliphatic carbocycles. The van der Waals surface area contributed by atoms with Crippen molar-refractivity contribution >= 4 is 25.2 Å². The van der Waals surface area contributed by atoms with E-state index in [0.29, 0.717) is 0 Å². The van der Waals surface area contributed by atoms with E-state index in [1.54, 1.807) is 0 Å². The Morgan fingerprint density at radius 1 is 1.50 bits per heavy atom. The van der Waals surface area contributed by atoms with E-state index in [-0.39, 0.29) is 17.0 Å². The molecule has 3 heterocycles. The van der Waals surface area contributed by atoms with Crippen molar-refractivity contribution in [3.8, 4) is 0 Å². The van der Waals surface area contributed by atoms with Gasteiger partial charge in [-0.05, 0) is 0 Å². The number of methoxy groups -OCH3 is 1. The first kappa shape index (κ1) is 16.9. The molecule has 1 saturated heterocycles. The third-order valence-corrected chi connectivity index (χ3v) is 4.16. The molecule has 0 spiro atoms. The third kappa shape index (κ3) is 2.69. The van der Waals surface area contributed by atoms with E-state index >= 15 is 0 Å². The number of rotatable bonds is 5. The molecule has 1 aliphatic heterocycles. The normalized spacial score (nSPS) is 27.7. The first-order valence-electron chi connectivity index (χ1n) is 6.80. The molecular formula is C11H15N5O7P+. The highest BCUT2D eigenvalue weighted by molar-refractivity contribution is 7.32. The maximum Gasteiger partial charge on any atom is 0.695 e. The summed E-state index contributed by atoms with van der Waals surface area (Å²) in [6.07, 6.45) is -2.85. The van der Waals surface area contributed by atoms with Crippen LogP contribution in [-0.4, -0.2) is 61.5 Å². The number of ether oxygens (including phenoxy) is 2. The molecule has 1 fully saturated rings. The molecule has 3 rings (SSSR count). The molecule has 130 valence electrons. The quantitative estimate of drug-likeness (QED) is 0.466. The second-order valence-corrected chi connectivity index (χ2v) is 5.70. The molecular weight excluding hydrogens is 345 g/mol. The Bertz CT molecular complexity index is 823. The van der Waals surface area contributed by atoms with Gasteiger partial charge in [0.25, 0.3) is 0 Å². The summed E-state index contributed by atoms with van der Waals surface area (Å²) in [5.41, 5.74) is 5.51. The summed E-state index contributed by atoms with van der Waals surface area (Å²) in [5, 5.41) is 9.43. The number of nitrogens with zero attached hydrogens (tertiary/aromatic N) is 3. The Morgan fingerprint density at radius 3 is 2.88 bits per heavy atom. The Balaban J connectivity index is 2.09. The molecule has 2 aromatic rings. The first-order chi connectivity index (χ1) is 11.5. The lowest BCUT2D eigenvalue weighted by atomic mass is 10.1. The van der Waals surface area contributed by atoms with E-state index in [4.69, 9.17) is 24.6 Å². The predicted octanol–water partition coefficient (Wildman–Crippen LogP) is -1.36. The standard InChI is InChI=1S/C11H14N5O7P/c1-21-7-6(23-24(19)20)4(2-17)22-10(7)16-9-5(15-11(16)18)8(12)13-3-14-9/h3-4,6-7,10,17H,2H2,1H3,(H3-,12,13,14,15,18,19,20)/p+1/t4-,6?,7?,10-/m1/s1. The van der Waals surface area contributed by atoms with Gasteiger partial charge in [-0.3, -0.25) is 0 Å². The summed E-state index contributed by atoms with van der Waals surface area (Å²) in [6, 6.07) is 0. The van der Waals surface area contributed by atoms with Crippen LogP contribution in [0.5, 0.6) is 0 Å². The number of hydrogen-bond acceptors (Lipinski definition) is 9. The average Bonchev–Trinajstić information content (AvgIpc) is 3.04. The number of hydrogen-bond donors (Lipinski definition) is 4. The van der Waals surface area contributed by atoms with Crippen LogP contribution in [0.1, 0.15) is 6.23 Å². The van der Waals surface area contributed by atoms with Gasteiger partial charge in [-0.2, -0.15) is 0 Å². The number of aromatic nitrogens is 4. The highest BCUT2D eigenvalue weighted by Gasteiger charge is 2.51. The maximum absolute atomic E-state index is 12.3. The summed E-state index contributed by atoms with van der Waals surface area (Å²) in [6.45, 7) is -0.502. The Kier molecular flexibility index (Phi) is 4.58. The zero-order chi connectivity index (χ0) is 17.4. The van der Waals surface area contributed by atoms with E-state index in [2.05, 4.69) is 15.0 Å². The fourth-order valence-corrected chi connectivity index (χ4v) is 3.20. The molecule has 0 bridgehead atoms. The molecule has 12 nitrogen and oxygen atoms in total. The number of aliphatic hydroxyl groups is 1. The zero-order valence-corrected chi connectivity index (χ0v) is 13.3. The molecule has 0 aromatic carbocycles. The fraction of sp³-hybridized carbons (Fsp3) is 0.545. The van der Waals surface area contributed by atoms with Crippen molar-refractivity contribution < 1.29 is 28.6 Å². The number of imidazole rings is 1. The van der Waals surface area contributed by atoms with Gasteiger partial charge in [-0.1, -0.05) is 0 Å². The van der Waals surface area contributed by atoms with Crippen LogP contribution >= 0.6 is 8.25 Å². The number of nitrogens with one attached hydrogen (secondary N) is 1. The van der Waals surface area contributed by atoms with Gasteiger partial charge in [0.15, 0.2) is 23.8 Å². The largest absolute Gasteiger partial charge is 0.695 e. The Morgan fingerprint density at radius 2 is 2.25 bits per heavy atom. The maximum atomic E-state index is 12.3. The lowest BCUT2D eigenvalue weighted by Gasteiger charge is -2.19. The predicted molar refractivity (Wildman–Crippen MR) is 79.1 cm³/mol. The second-order valence-electron chi connectivity index (χ2n) is 5.01. The zero-order valence-electron chi connectivity index (χ0n) is 12.4. The van der Waals surface area contributed by atoms with Crippen molar-refractivity contribution in [1.29, 1.82) is 0 Å². The molecule has 0 radical (unpaired) electrons. The number of anilines is 1. The number of fused-ring (bicyclic) bond motifs is 1. The second kappa shape index (κ2) is 6.51. The van der Waals surface area contributed by atoms with Crippen LogP contribution in [0.25, 0.3) is 11.2 Å². The van der Waals surface area contributed by atoms with Gasteiger partial charge >= 0.3 is 13.9 Å². The van der Waals surface area contributed by atoms with Crippen molar-refractivity contribution in [2.45, 2.75) is 24.5 Å². The molecule has 3 unspecified atom stereocenters. The number of H-pyrrole nitrogens is 1. The van der Waals surface area contributed by atoms with E-state index in [0.717, 1.165) is 4.57 Å². The molecule has 5 N–H and O–H groups in total. The summed E-state index contributed by atoms with van der Waals surface area (Å²) in [5.74, 6) is 0.0766. The molecule has 1 aliphatic rings. The van der Waals surface area contributed by atoms with Crippen LogP contribution in [-0.2, 0) is 18.6 Å². The van der Waals surface area contributed by atoms with Crippen LogP contribution in [0.3, 0.4) is 0 Å². The van der Waals surface area contributed by atoms with Gasteiger partial charge in [0.2, 0.25) is 0 Å². The molecule has 24 heavy (non-hydrogen) atoms. The fourth-order valence-electron chi connectivity index (χ4n) is 2.74. The van der Waals surface area contributed by atoms with Gasteiger partial charge in [0.05, 0.1) is 6.61 Å². The topological polar surface area (TPSA) is 175 Å². The number of aliphatic hydroxyl groups excluding tert-OH is 1. The van der Waals surface area contributed by atoms with Gasteiger partial charge in [-0.15, -0.1) is 9.42 Å². The van der Waals surface area contributed by atoms with Gasteiger partial charge in [-0.25, -0.2) is 19.3 Å². The summed E-state index contributed by atoms with van der Waals surface area (Å²) in [4.78, 5) is 31.6. The third-order valence-electron chi connectivity index (χ3n) is 3.74. The van der Waals surface area contributed by atoms with Gasteiger partial charge in [0.1, 0.15) is 24.1 Å². The minimum absolute atomic E-state index is 0.0766. The van der Waals surface area contributed by atoms with Gasteiger partial charge < -0.3 is 25.3 Å². The number of aromatic amines is 1. The molecule has 0 saturated carbocycles. The number of nitrogens with two attached hydrogens (primary N) is 1. The molecule has 13 heteroatoms. The summed E-state index contributed by atoms with van der Waals surface area (Å²) < 4.78 is 27.9.